The largest absolute Gasteiger partial charge is 0.465 e. The molecule has 2 aromatic carbocycles. The fourth-order valence-electron chi connectivity index (χ4n) is 6.17. The monoisotopic (exact) mass is 665 g/mol. The number of carbonyl (C=O) groups excluding carboxylic acids is 2. The smallest absolute Gasteiger partial charge is 0.407 e. The van der Waals surface area contributed by atoms with Crippen molar-refractivity contribution in [2.45, 2.75) is 56.1 Å². The summed E-state index contributed by atoms with van der Waals surface area (Å²) < 4.78 is 51.8. The number of aliphatic hydroxyl groups is 1. The SMILES string of the molecule is CC(C)CN(C[C@@H](O)[C@H](Cc1ccccc1)NC(=O)O[C@H]1CO[C@H]2OCC[C@H]21)S(=O)(=O)c1ccc2c(c1)/C(=C/c1ccco1)C(=O)N2. The van der Waals surface area contributed by atoms with Gasteiger partial charge in [0.25, 0.3) is 5.91 Å². The van der Waals surface area contributed by atoms with Crippen molar-refractivity contribution in [3.05, 3.63) is 83.8 Å². The van der Waals surface area contributed by atoms with Gasteiger partial charge in [0, 0.05) is 24.3 Å². The van der Waals surface area contributed by atoms with Gasteiger partial charge in [-0.3, -0.25) is 4.79 Å². The first-order valence-corrected chi connectivity index (χ1v) is 17.2. The summed E-state index contributed by atoms with van der Waals surface area (Å²) in [5.74, 6) is -0.0638. The van der Waals surface area contributed by atoms with Gasteiger partial charge < -0.3 is 34.4 Å². The van der Waals surface area contributed by atoms with E-state index in [0.29, 0.717) is 30.0 Å². The lowest BCUT2D eigenvalue weighted by Gasteiger charge is -2.31. The van der Waals surface area contributed by atoms with Crippen molar-refractivity contribution in [3.63, 3.8) is 0 Å². The van der Waals surface area contributed by atoms with Crippen LogP contribution in [0.15, 0.2) is 76.2 Å². The van der Waals surface area contributed by atoms with E-state index in [1.54, 1.807) is 24.3 Å². The second-order valence-corrected chi connectivity index (χ2v) is 14.4. The second-order valence-electron chi connectivity index (χ2n) is 12.4. The normalized spacial score (nSPS) is 22.7. The Bertz CT molecular complexity index is 1710. The number of hydrogen-bond acceptors (Lipinski definition) is 9. The number of aliphatic hydroxyl groups excluding tert-OH is 1. The number of rotatable bonds is 12. The Morgan fingerprint density at radius 1 is 1.13 bits per heavy atom. The van der Waals surface area contributed by atoms with Gasteiger partial charge in [0.05, 0.1) is 48.0 Å². The Balaban J connectivity index is 1.23. The molecule has 47 heavy (non-hydrogen) atoms. The van der Waals surface area contributed by atoms with Crippen LogP contribution in [-0.2, 0) is 35.4 Å². The molecule has 3 N–H and O–H groups in total. The van der Waals surface area contributed by atoms with E-state index in [4.69, 9.17) is 18.6 Å². The lowest BCUT2D eigenvalue weighted by Crippen LogP contribution is -2.51. The summed E-state index contributed by atoms with van der Waals surface area (Å²) in [6, 6.07) is 16.3. The fourth-order valence-corrected chi connectivity index (χ4v) is 7.82. The molecule has 2 amide bonds. The van der Waals surface area contributed by atoms with Crippen LogP contribution < -0.4 is 10.6 Å². The van der Waals surface area contributed by atoms with Gasteiger partial charge in [0.15, 0.2) is 6.29 Å². The summed E-state index contributed by atoms with van der Waals surface area (Å²) in [7, 11) is -4.17. The highest BCUT2D eigenvalue weighted by Crippen LogP contribution is 2.36. The van der Waals surface area contributed by atoms with E-state index in [9.17, 15) is 23.1 Å². The third-order valence-electron chi connectivity index (χ3n) is 8.51. The van der Waals surface area contributed by atoms with Crippen LogP contribution in [0.25, 0.3) is 11.6 Å². The predicted molar refractivity (Wildman–Crippen MR) is 172 cm³/mol. The van der Waals surface area contributed by atoms with E-state index in [1.807, 2.05) is 44.2 Å². The van der Waals surface area contributed by atoms with Gasteiger partial charge in [0.1, 0.15) is 11.9 Å². The summed E-state index contributed by atoms with van der Waals surface area (Å²) in [5.41, 5.74) is 2.03. The quantitative estimate of drug-likeness (QED) is 0.244. The maximum absolute atomic E-state index is 14.2. The van der Waals surface area contributed by atoms with E-state index in [2.05, 4.69) is 10.6 Å². The number of anilines is 1. The lowest BCUT2D eigenvalue weighted by molar-refractivity contribution is -0.110. The van der Waals surface area contributed by atoms with E-state index in [1.165, 1.54) is 22.7 Å². The van der Waals surface area contributed by atoms with E-state index in [-0.39, 0.29) is 54.3 Å². The molecule has 0 bridgehead atoms. The maximum atomic E-state index is 14.2. The Labute approximate surface area is 273 Å². The third kappa shape index (κ3) is 7.44. The van der Waals surface area contributed by atoms with Crippen molar-refractivity contribution >= 4 is 39.4 Å². The van der Waals surface area contributed by atoms with Crippen molar-refractivity contribution < 1.29 is 41.7 Å². The van der Waals surface area contributed by atoms with Crippen LogP contribution in [0.2, 0.25) is 0 Å². The van der Waals surface area contributed by atoms with Crippen molar-refractivity contribution in [3.8, 4) is 0 Å². The molecular weight excluding hydrogens is 626 g/mol. The molecular formula is C34H39N3O9S. The molecule has 0 aliphatic carbocycles. The van der Waals surface area contributed by atoms with Gasteiger partial charge in [0.2, 0.25) is 10.0 Å². The summed E-state index contributed by atoms with van der Waals surface area (Å²) >= 11 is 0. The lowest BCUT2D eigenvalue weighted by atomic mass is 10.0. The molecule has 0 spiro atoms. The van der Waals surface area contributed by atoms with Crippen molar-refractivity contribution in [2.24, 2.45) is 11.8 Å². The summed E-state index contributed by atoms with van der Waals surface area (Å²) in [6.45, 7) is 4.32. The number of carbonyl (C=O) groups is 2. The van der Waals surface area contributed by atoms with Crippen LogP contribution >= 0.6 is 0 Å². The minimum absolute atomic E-state index is 0.0347. The van der Waals surface area contributed by atoms with Crippen LogP contribution in [-0.4, -0.2) is 80.7 Å². The zero-order chi connectivity index (χ0) is 33.1. The molecule has 3 aliphatic rings. The standard InChI is InChI=1S/C34H39N3O9S/c1-21(2)18-37(47(41,42)24-10-11-28-26(17-24)27(32(39)35-28)16-23-9-6-13-43-23)19-30(38)29(15-22-7-4-3-5-8-22)36-34(40)46-31-20-45-33-25(31)12-14-44-33/h3-11,13,16-17,21,25,29-31,33,38H,12,14-15,18-20H2,1-2H3,(H,35,39)(H,36,40)/b27-16-/t25-,29-,30+,31-,33+/m0/s1. The number of nitrogens with zero attached hydrogens (tertiary/aromatic N) is 1. The Morgan fingerprint density at radius 3 is 2.68 bits per heavy atom. The molecule has 3 aliphatic heterocycles. The number of sulfonamides is 1. The molecule has 13 heteroatoms. The van der Waals surface area contributed by atoms with Crippen LogP contribution in [0, 0.1) is 11.8 Å². The van der Waals surface area contributed by atoms with Crippen molar-refractivity contribution in [1.82, 2.24) is 9.62 Å². The molecule has 6 rings (SSSR count). The number of hydrogen-bond donors (Lipinski definition) is 3. The maximum Gasteiger partial charge on any atom is 0.407 e. The summed E-state index contributed by atoms with van der Waals surface area (Å²) in [6.07, 6.45) is 1.09. The summed E-state index contributed by atoms with van der Waals surface area (Å²) in [4.78, 5) is 25.8. The molecule has 1 aromatic heterocycles. The molecule has 0 unspecified atom stereocenters. The number of furan rings is 1. The predicted octanol–water partition coefficient (Wildman–Crippen LogP) is 3.88. The molecule has 4 heterocycles. The van der Waals surface area contributed by atoms with Gasteiger partial charge in [-0.05, 0) is 60.7 Å². The van der Waals surface area contributed by atoms with E-state index >= 15 is 0 Å². The molecule has 250 valence electrons. The first kappa shape index (κ1) is 32.9. The molecule has 2 fully saturated rings. The molecule has 0 saturated carbocycles. The Morgan fingerprint density at radius 2 is 1.94 bits per heavy atom. The molecule has 0 radical (unpaired) electrons. The molecule has 12 nitrogen and oxygen atoms in total. The molecule has 5 atom stereocenters. The number of alkyl carbamates (subject to hydrolysis) is 1. The average molecular weight is 666 g/mol. The van der Waals surface area contributed by atoms with Crippen molar-refractivity contribution in [1.29, 1.82) is 0 Å². The molecule has 2 saturated heterocycles. The van der Waals surface area contributed by atoms with Crippen molar-refractivity contribution in [2.75, 3.05) is 31.6 Å². The zero-order valence-corrected chi connectivity index (χ0v) is 27.0. The van der Waals surface area contributed by atoms with Crippen LogP contribution in [0.3, 0.4) is 0 Å². The Hall–Kier alpha value is -4.01. The molecule has 3 aromatic rings. The fraction of sp³-hybridized carbons (Fsp3) is 0.412. The first-order valence-electron chi connectivity index (χ1n) is 15.7. The van der Waals surface area contributed by atoms with Crippen LogP contribution in [0.1, 0.15) is 37.2 Å². The van der Waals surface area contributed by atoms with Gasteiger partial charge in [-0.25, -0.2) is 13.2 Å². The average Bonchev–Trinajstić information content (AvgIpc) is 3.84. The number of fused-ring (bicyclic) bond motifs is 2. The second kappa shape index (κ2) is 14.0. The van der Waals surface area contributed by atoms with Crippen LogP contribution in [0.5, 0.6) is 0 Å². The highest BCUT2D eigenvalue weighted by molar-refractivity contribution is 7.89. The number of nitrogens with one attached hydrogen (secondary N) is 2. The van der Waals surface area contributed by atoms with Gasteiger partial charge in [-0.2, -0.15) is 4.31 Å². The minimum Gasteiger partial charge on any atom is -0.465 e. The van der Waals surface area contributed by atoms with Gasteiger partial charge in [-0.1, -0.05) is 44.2 Å². The van der Waals surface area contributed by atoms with E-state index in [0.717, 1.165) is 5.56 Å². The van der Waals surface area contributed by atoms with Gasteiger partial charge >= 0.3 is 6.09 Å². The number of amides is 2. The van der Waals surface area contributed by atoms with Gasteiger partial charge in [-0.15, -0.1) is 0 Å². The third-order valence-corrected chi connectivity index (χ3v) is 10.3. The highest BCUT2D eigenvalue weighted by Gasteiger charge is 2.44. The number of ether oxygens (including phenoxy) is 3. The number of benzene rings is 2. The highest BCUT2D eigenvalue weighted by atomic mass is 32.2. The van der Waals surface area contributed by atoms with Crippen LogP contribution in [0.4, 0.5) is 10.5 Å². The first-order chi connectivity index (χ1) is 22.6. The van der Waals surface area contributed by atoms with E-state index < -0.39 is 40.7 Å². The summed E-state index contributed by atoms with van der Waals surface area (Å²) in [5, 5.41) is 17.2. The minimum atomic E-state index is -4.17. The Kier molecular flexibility index (Phi) is 9.80. The zero-order valence-electron chi connectivity index (χ0n) is 26.2. The topological polar surface area (TPSA) is 157 Å².